The van der Waals surface area contributed by atoms with Gasteiger partial charge in [0.25, 0.3) is 0 Å². The first-order valence-corrected chi connectivity index (χ1v) is 12.7. The van der Waals surface area contributed by atoms with Crippen molar-refractivity contribution in [2.24, 2.45) is 5.92 Å². The number of imidazole rings is 1. The predicted molar refractivity (Wildman–Crippen MR) is 126 cm³/mol. The minimum atomic E-state index is -3.68. The zero-order valence-corrected chi connectivity index (χ0v) is 20.4. The summed E-state index contributed by atoms with van der Waals surface area (Å²) in [6.07, 6.45) is 3.11. The molecule has 0 aliphatic rings. The average Bonchev–Trinajstić information content (AvgIpc) is 3.37. The lowest BCUT2D eigenvalue weighted by molar-refractivity contribution is 0.183. The number of aromatic nitrogens is 2. The van der Waals surface area contributed by atoms with Crippen molar-refractivity contribution < 1.29 is 17.6 Å². The van der Waals surface area contributed by atoms with Gasteiger partial charge in [-0.25, -0.2) is 18.2 Å². The molecule has 0 aliphatic heterocycles. The van der Waals surface area contributed by atoms with Crippen LogP contribution in [0.25, 0.3) is 0 Å². The maximum absolute atomic E-state index is 13.2. The van der Waals surface area contributed by atoms with Crippen LogP contribution in [0.2, 0.25) is 0 Å². The summed E-state index contributed by atoms with van der Waals surface area (Å²) in [7, 11) is -3.68. The number of carbonyl (C=O) groups excluding carboxylic acids is 1. The molecule has 33 heavy (non-hydrogen) atoms. The topological polar surface area (TPSA) is 97.4 Å². The fourth-order valence-electron chi connectivity index (χ4n) is 3.51. The lowest BCUT2D eigenvalue weighted by Gasteiger charge is -2.24. The molecule has 0 fully saturated rings. The van der Waals surface area contributed by atoms with Crippen molar-refractivity contribution in [3.8, 4) is 0 Å². The normalized spacial score (nSPS) is 11.8. The molecule has 1 N–H and O–H groups in total. The van der Waals surface area contributed by atoms with E-state index in [1.165, 1.54) is 0 Å². The van der Waals surface area contributed by atoms with Gasteiger partial charge >= 0.3 is 6.03 Å². The summed E-state index contributed by atoms with van der Waals surface area (Å²) in [5, 5.41) is 2.93. The smallest absolute Gasteiger partial charge is 0.318 e. The number of carbonyl (C=O) groups is 1. The predicted octanol–water partition coefficient (Wildman–Crippen LogP) is 4.23. The summed E-state index contributed by atoms with van der Waals surface area (Å²) in [6.45, 7) is 8.73. The highest BCUT2D eigenvalue weighted by molar-refractivity contribution is 7.90. The number of hydrogen-bond acceptors (Lipinski definition) is 5. The minimum absolute atomic E-state index is 0.0252. The van der Waals surface area contributed by atoms with Gasteiger partial charge in [0.2, 0.25) is 15.0 Å². The van der Waals surface area contributed by atoms with Crippen LogP contribution in [0, 0.1) is 5.92 Å². The largest absolute Gasteiger partial charge is 0.467 e. The van der Waals surface area contributed by atoms with E-state index in [1.807, 2.05) is 45.9 Å². The Labute approximate surface area is 195 Å². The number of benzene rings is 1. The third kappa shape index (κ3) is 6.71. The second kappa shape index (κ2) is 10.7. The second-order valence-electron chi connectivity index (χ2n) is 8.82. The van der Waals surface area contributed by atoms with Crippen molar-refractivity contribution in [1.29, 1.82) is 0 Å². The number of hydrogen-bond donors (Lipinski definition) is 1. The van der Waals surface area contributed by atoms with Gasteiger partial charge in [-0.15, -0.1) is 0 Å². The van der Waals surface area contributed by atoms with Gasteiger partial charge in [-0.05, 0) is 37.5 Å². The minimum Gasteiger partial charge on any atom is -0.467 e. The molecule has 2 aromatic heterocycles. The number of furan rings is 1. The average molecular weight is 473 g/mol. The molecule has 178 valence electrons. The molecule has 2 heterocycles. The van der Waals surface area contributed by atoms with Crippen LogP contribution in [0.5, 0.6) is 0 Å². The van der Waals surface area contributed by atoms with E-state index in [0.717, 1.165) is 0 Å². The molecule has 3 rings (SSSR count). The number of amides is 2. The third-order valence-electron chi connectivity index (χ3n) is 4.91. The van der Waals surface area contributed by atoms with Crippen LogP contribution >= 0.6 is 0 Å². The van der Waals surface area contributed by atoms with Crippen LogP contribution in [0.3, 0.4) is 0 Å². The summed E-state index contributed by atoms with van der Waals surface area (Å²) in [4.78, 5) is 18.8. The van der Waals surface area contributed by atoms with E-state index in [9.17, 15) is 13.2 Å². The summed E-state index contributed by atoms with van der Waals surface area (Å²) in [6, 6.07) is 12.3. The molecule has 9 heteroatoms. The molecule has 0 atom stereocenters. The van der Waals surface area contributed by atoms with Crippen LogP contribution in [0.15, 0.2) is 64.5 Å². The lowest BCUT2D eigenvalue weighted by Crippen LogP contribution is -2.42. The fraction of sp³-hybridized carbons (Fsp3) is 0.417. The zero-order valence-electron chi connectivity index (χ0n) is 19.6. The molecule has 0 radical (unpaired) electrons. The number of rotatable bonds is 10. The Morgan fingerprint density at radius 1 is 1.09 bits per heavy atom. The second-order valence-corrected chi connectivity index (χ2v) is 10.7. The Hall–Kier alpha value is -3.07. The molecule has 8 nitrogen and oxygen atoms in total. The van der Waals surface area contributed by atoms with Crippen LogP contribution < -0.4 is 5.32 Å². The molecular weight excluding hydrogens is 440 g/mol. The number of nitrogens with zero attached hydrogens (tertiary/aromatic N) is 3. The van der Waals surface area contributed by atoms with Crippen molar-refractivity contribution >= 4 is 15.9 Å². The molecule has 0 unspecified atom stereocenters. The molecule has 0 saturated carbocycles. The Bertz CT molecular complexity index is 1140. The highest BCUT2D eigenvalue weighted by Crippen LogP contribution is 2.21. The van der Waals surface area contributed by atoms with Crippen molar-refractivity contribution in [2.45, 2.75) is 64.3 Å². The first-order valence-electron chi connectivity index (χ1n) is 11.0. The maximum Gasteiger partial charge on any atom is 0.318 e. The number of urea groups is 1. The SMILES string of the molecule is CC(C)Cn1c(CN(Cc2ccco2)C(=O)NC(C)C)cnc1S(=O)(=O)Cc1ccccc1. The van der Waals surface area contributed by atoms with Gasteiger partial charge in [0.15, 0.2) is 0 Å². The summed E-state index contributed by atoms with van der Waals surface area (Å²) < 4.78 is 33.7. The van der Waals surface area contributed by atoms with Gasteiger partial charge in [-0.3, -0.25) is 0 Å². The number of sulfone groups is 1. The van der Waals surface area contributed by atoms with Gasteiger partial charge in [0.05, 0.1) is 37.0 Å². The quantitative estimate of drug-likeness (QED) is 0.476. The Balaban J connectivity index is 1.93. The monoisotopic (exact) mass is 472 g/mol. The van der Waals surface area contributed by atoms with Crippen LogP contribution in [-0.4, -0.2) is 34.9 Å². The molecule has 0 aliphatic carbocycles. The Kier molecular flexibility index (Phi) is 7.97. The van der Waals surface area contributed by atoms with Gasteiger partial charge in [-0.2, -0.15) is 0 Å². The lowest BCUT2D eigenvalue weighted by atomic mass is 10.2. The van der Waals surface area contributed by atoms with E-state index in [-0.39, 0.29) is 42.0 Å². The molecule has 2 amide bonds. The van der Waals surface area contributed by atoms with Crippen LogP contribution in [0.1, 0.15) is 44.7 Å². The summed E-state index contributed by atoms with van der Waals surface area (Å²) >= 11 is 0. The van der Waals surface area contributed by atoms with Crippen LogP contribution in [-0.2, 0) is 35.2 Å². The standard InChI is InChI=1S/C24H32N4O4S/c1-18(2)14-28-21(13-25-24(28)33(30,31)17-20-9-6-5-7-10-20)15-27(23(29)26-19(3)4)16-22-11-8-12-32-22/h5-13,18-19H,14-17H2,1-4H3,(H,26,29). The van der Waals surface area contributed by atoms with E-state index in [4.69, 9.17) is 4.42 Å². The van der Waals surface area contributed by atoms with Gasteiger partial charge in [0.1, 0.15) is 5.76 Å². The van der Waals surface area contributed by atoms with Gasteiger partial charge < -0.3 is 19.2 Å². The van der Waals surface area contributed by atoms with E-state index in [1.54, 1.807) is 46.2 Å². The number of nitrogens with one attached hydrogen (secondary N) is 1. The van der Waals surface area contributed by atoms with Crippen LogP contribution in [0.4, 0.5) is 4.79 Å². The van der Waals surface area contributed by atoms with Gasteiger partial charge in [0, 0.05) is 12.6 Å². The van der Waals surface area contributed by atoms with E-state index >= 15 is 0 Å². The van der Waals surface area contributed by atoms with E-state index < -0.39 is 9.84 Å². The fourth-order valence-corrected chi connectivity index (χ4v) is 5.01. The molecule has 0 saturated heterocycles. The Morgan fingerprint density at radius 3 is 2.42 bits per heavy atom. The van der Waals surface area contributed by atoms with E-state index in [0.29, 0.717) is 23.6 Å². The van der Waals surface area contributed by atoms with Crippen molar-refractivity contribution in [3.63, 3.8) is 0 Å². The molecule has 3 aromatic rings. The van der Waals surface area contributed by atoms with Crippen molar-refractivity contribution in [1.82, 2.24) is 19.8 Å². The van der Waals surface area contributed by atoms with Crippen molar-refractivity contribution in [2.75, 3.05) is 0 Å². The van der Waals surface area contributed by atoms with Gasteiger partial charge in [-0.1, -0.05) is 44.2 Å². The molecule has 0 spiro atoms. The first kappa shape index (κ1) is 24.6. The Morgan fingerprint density at radius 2 is 1.82 bits per heavy atom. The zero-order chi connectivity index (χ0) is 24.0. The third-order valence-corrected chi connectivity index (χ3v) is 6.50. The molecule has 1 aromatic carbocycles. The highest BCUT2D eigenvalue weighted by Gasteiger charge is 2.26. The molecular formula is C24H32N4O4S. The van der Waals surface area contributed by atoms with Crippen molar-refractivity contribution in [3.05, 3.63) is 71.9 Å². The maximum atomic E-state index is 13.2. The van der Waals surface area contributed by atoms with E-state index in [2.05, 4.69) is 10.3 Å². The summed E-state index contributed by atoms with van der Waals surface area (Å²) in [5.74, 6) is 0.694. The summed E-state index contributed by atoms with van der Waals surface area (Å²) in [5.41, 5.74) is 1.36. The molecule has 0 bridgehead atoms. The highest BCUT2D eigenvalue weighted by atomic mass is 32.2. The first-order chi connectivity index (χ1) is 15.7.